The number of benzene rings is 4. The number of dihydropyridines is 1. The van der Waals surface area contributed by atoms with Crippen molar-refractivity contribution in [1.29, 1.82) is 0 Å². The van der Waals surface area contributed by atoms with E-state index in [0.717, 1.165) is 123 Å². The van der Waals surface area contributed by atoms with Crippen LogP contribution in [0.4, 0.5) is 0 Å². The van der Waals surface area contributed by atoms with Crippen LogP contribution in [0.5, 0.6) is 0 Å². The molecule has 2 fully saturated rings. The quantitative estimate of drug-likeness (QED) is 0.0361. The standard InChI is InChI=1S/C62H74N10O6/c1-37-21-39(3)68-61(75)53(37)31-64-59(73)51-27-47(43-11-7-9-41(23-43)35-77-19-17-63)29-57-55(51)33-66-71(57)49-15-13-45(25-49)46-14-16-50(26-46)72-58-30-48(44-12-8-10-42(24-44)36-78-20-18-70(5)6)28-52(56(58)34-67-72)60(74)65-32-54-38(2)22-40(4)69-62(54)76/h7-12,22-24,27-30,33-34,45-46,49-50,61,75H,13-21,25-26,31-32,35-36,63H2,1-6H3,(H,64,73)(H,65,74)(H,69,76). The molecule has 1 aliphatic heterocycles. The molecule has 7 aromatic rings. The van der Waals surface area contributed by atoms with E-state index in [1.54, 1.807) is 0 Å². The molecule has 0 saturated heterocycles. The van der Waals surface area contributed by atoms with Gasteiger partial charge in [0.2, 0.25) is 0 Å². The third-order valence-electron chi connectivity index (χ3n) is 16.3. The highest BCUT2D eigenvalue weighted by Gasteiger charge is 2.38. The van der Waals surface area contributed by atoms with E-state index < -0.39 is 6.23 Å². The van der Waals surface area contributed by atoms with Crippen molar-refractivity contribution < 1.29 is 24.2 Å². The van der Waals surface area contributed by atoms with Crippen LogP contribution < -0.4 is 21.9 Å². The molecule has 4 heterocycles. The number of likely N-dealkylation sites (N-methyl/N-ethyl adjacent to an activating group) is 1. The summed E-state index contributed by atoms with van der Waals surface area (Å²) >= 11 is 0. The van der Waals surface area contributed by atoms with E-state index >= 15 is 0 Å². The third-order valence-corrected chi connectivity index (χ3v) is 16.3. The van der Waals surface area contributed by atoms with E-state index in [1.165, 1.54) is 0 Å². The predicted molar refractivity (Wildman–Crippen MR) is 306 cm³/mol. The number of nitrogens with zero attached hydrogens (tertiary/aromatic N) is 6. The van der Waals surface area contributed by atoms with Gasteiger partial charge in [0.1, 0.15) is 0 Å². The number of aromatic amines is 1. The molecule has 16 heteroatoms. The maximum atomic E-state index is 14.4. The Labute approximate surface area is 456 Å². The highest BCUT2D eigenvalue weighted by molar-refractivity contribution is 6.09. The first-order chi connectivity index (χ1) is 37.7. The second kappa shape index (κ2) is 23.9. The second-order valence-corrected chi connectivity index (χ2v) is 22.2. The van der Waals surface area contributed by atoms with Crippen LogP contribution in [0.25, 0.3) is 44.1 Å². The van der Waals surface area contributed by atoms with Crippen molar-refractivity contribution in [2.24, 2.45) is 22.6 Å². The van der Waals surface area contributed by atoms with E-state index in [9.17, 15) is 19.5 Å². The van der Waals surface area contributed by atoms with Crippen LogP contribution in [0, 0.1) is 25.7 Å². The molecular formula is C62H74N10O6. The van der Waals surface area contributed by atoms with E-state index in [-0.39, 0.29) is 42.5 Å². The number of rotatable bonds is 20. The topological polar surface area (TPSA) is 207 Å². The molecule has 3 aliphatic rings. The van der Waals surface area contributed by atoms with Gasteiger partial charge >= 0.3 is 0 Å². The lowest BCUT2D eigenvalue weighted by Crippen LogP contribution is -2.31. The maximum absolute atomic E-state index is 14.4. The van der Waals surface area contributed by atoms with E-state index in [2.05, 4.69) is 77.3 Å². The molecular weight excluding hydrogens is 981 g/mol. The van der Waals surface area contributed by atoms with E-state index in [0.29, 0.717) is 73.5 Å². The fourth-order valence-electron chi connectivity index (χ4n) is 12.2. The zero-order valence-electron chi connectivity index (χ0n) is 45.9. The Hall–Kier alpha value is -7.08. The van der Waals surface area contributed by atoms with Gasteiger partial charge in [0.05, 0.1) is 73.1 Å². The van der Waals surface area contributed by atoms with Crippen molar-refractivity contribution >= 4 is 39.3 Å². The number of aliphatic hydroxyl groups is 1. The minimum atomic E-state index is -0.979. The Balaban J connectivity index is 0.907. The van der Waals surface area contributed by atoms with Crippen molar-refractivity contribution in [3.8, 4) is 22.3 Å². The van der Waals surface area contributed by atoms with Gasteiger partial charge in [0.15, 0.2) is 6.23 Å². The van der Waals surface area contributed by atoms with Crippen molar-refractivity contribution in [3.63, 3.8) is 0 Å². The first-order valence-corrected chi connectivity index (χ1v) is 27.6. The number of amides is 2. The normalized spacial score (nSPS) is 19.6. The summed E-state index contributed by atoms with van der Waals surface area (Å²) in [6, 6.07) is 26.9. The molecule has 0 radical (unpaired) electrons. The average molecular weight is 1060 g/mol. The molecule has 2 aliphatic carbocycles. The average Bonchev–Trinajstić information content (AvgIpc) is 4.27. The summed E-state index contributed by atoms with van der Waals surface area (Å²) in [6.07, 6.45) is 9.33. The lowest BCUT2D eigenvalue weighted by molar-refractivity contribution is 0.0945. The van der Waals surface area contributed by atoms with Crippen molar-refractivity contribution in [1.82, 2.24) is 40.1 Å². The fourth-order valence-corrected chi connectivity index (χ4v) is 12.2. The lowest BCUT2D eigenvalue weighted by atomic mass is 9.89. The highest BCUT2D eigenvalue weighted by Crippen LogP contribution is 2.49. The smallest absolute Gasteiger partial charge is 0.253 e. The fraction of sp³-hybridized carbons (Fsp3) is 0.419. The number of fused-ring (bicyclic) bond motifs is 2. The molecule has 6 N–H and O–H groups in total. The Bertz CT molecular complexity index is 3480. The number of aromatic nitrogens is 5. The number of carbonyl (C=O) groups is 2. The summed E-state index contributed by atoms with van der Waals surface area (Å²) in [7, 11) is 4.06. The molecule has 16 nitrogen and oxygen atoms in total. The molecule has 10 rings (SSSR count). The van der Waals surface area contributed by atoms with Gasteiger partial charge in [0.25, 0.3) is 17.4 Å². The van der Waals surface area contributed by atoms with Gasteiger partial charge in [-0.25, -0.2) is 0 Å². The number of aliphatic imine (C=N–C) groups is 1. The maximum Gasteiger partial charge on any atom is 0.253 e. The molecule has 2 saturated carbocycles. The minimum Gasteiger partial charge on any atom is -0.375 e. The Morgan fingerprint density at radius 2 is 1.28 bits per heavy atom. The molecule has 0 spiro atoms. The molecule has 408 valence electrons. The van der Waals surface area contributed by atoms with Gasteiger partial charge in [-0.15, -0.1) is 0 Å². The summed E-state index contributed by atoms with van der Waals surface area (Å²) in [5, 5.41) is 28.7. The van der Waals surface area contributed by atoms with Gasteiger partial charge in [0, 0.05) is 60.3 Å². The number of allylic oxidation sites excluding steroid dienone is 1. The molecule has 5 unspecified atom stereocenters. The second-order valence-electron chi connectivity index (χ2n) is 22.2. The largest absolute Gasteiger partial charge is 0.375 e. The lowest BCUT2D eigenvalue weighted by Gasteiger charge is -2.21. The van der Waals surface area contributed by atoms with E-state index in [4.69, 9.17) is 25.4 Å². The van der Waals surface area contributed by atoms with Gasteiger partial charge in [-0.1, -0.05) is 42.0 Å². The van der Waals surface area contributed by atoms with Crippen molar-refractivity contribution in [2.75, 3.05) is 46.9 Å². The Morgan fingerprint density at radius 3 is 1.81 bits per heavy atom. The predicted octanol–water partition coefficient (Wildman–Crippen LogP) is 9.12. The number of hydrogen-bond donors (Lipinski definition) is 5. The Morgan fingerprint density at radius 1 is 0.731 bits per heavy atom. The van der Waals surface area contributed by atoms with Crippen LogP contribution >= 0.6 is 0 Å². The molecule has 78 heavy (non-hydrogen) atoms. The Kier molecular flexibility index (Phi) is 16.6. The van der Waals surface area contributed by atoms with Crippen LogP contribution in [-0.4, -0.2) is 105 Å². The number of hydrogen-bond acceptors (Lipinski definition) is 11. The SMILES string of the molecule is CC1=NC(O)C(CNC(=O)c2cc(-c3cccc(COCCN)c3)cc3c2cnn3C2CCC(C3CCC(n4ncc5c(C(=O)NCc6c(C)cc(C)[nH]c6=O)cc(-c6cccc(COCCN(C)C)c6)cc54)C3)C2)=C(C)C1. The molecule has 0 bridgehead atoms. The van der Waals surface area contributed by atoms with Gasteiger partial charge in [-0.05, 0) is 179 Å². The van der Waals surface area contributed by atoms with Crippen molar-refractivity contribution in [2.45, 2.75) is 111 Å². The molecule has 2 amide bonds. The summed E-state index contributed by atoms with van der Waals surface area (Å²) in [6.45, 7) is 11.2. The minimum absolute atomic E-state index is 0.0956. The van der Waals surface area contributed by atoms with Gasteiger partial charge in [-0.2, -0.15) is 10.2 Å². The van der Waals surface area contributed by atoms with Gasteiger partial charge in [-0.3, -0.25) is 28.7 Å². The summed E-state index contributed by atoms with van der Waals surface area (Å²) in [4.78, 5) is 51.0. The van der Waals surface area contributed by atoms with Crippen LogP contribution in [0.3, 0.4) is 0 Å². The van der Waals surface area contributed by atoms with Crippen LogP contribution in [0.2, 0.25) is 0 Å². The number of aryl methyl sites for hydroxylation is 2. The number of pyridine rings is 1. The highest BCUT2D eigenvalue weighted by atomic mass is 16.5. The van der Waals surface area contributed by atoms with Crippen LogP contribution in [-0.2, 0) is 29.2 Å². The number of carbonyl (C=O) groups excluding carboxylic acids is 2. The van der Waals surface area contributed by atoms with Crippen LogP contribution in [0.15, 0.2) is 112 Å². The van der Waals surface area contributed by atoms with Crippen LogP contribution in [0.1, 0.15) is 120 Å². The number of nitrogens with one attached hydrogen (secondary N) is 3. The summed E-state index contributed by atoms with van der Waals surface area (Å²) in [5.74, 6) is 0.428. The number of nitrogens with two attached hydrogens (primary N) is 1. The molecule has 3 aromatic heterocycles. The zero-order valence-corrected chi connectivity index (χ0v) is 45.9. The zero-order chi connectivity index (χ0) is 54.6. The third kappa shape index (κ3) is 12.0. The first kappa shape index (κ1) is 54.3. The first-order valence-electron chi connectivity index (χ1n) is 27.6. The number of H-pyrrole nitrogens is 1. The molecule has 4 aromatic carbocycles. The summed E-state index contributed by atoms with van der Waals surface area (Å²) < 4.78 is 16.1. The van der Waals surface area contributed by atoms with Crippen molar-refractivity contribution in [3.05, 3.63) is 152 Å². The monoisotopic (exact) mass is 1050 g/mol. The molecule has 5 atom stereocenters. The van der Waals surface area contributed by atoms with E-state index in [1.807, 2.05) is 90.6 Å². The van der Waals surface area contributed by atoms with Gasteiger partial charge < -0.3 is 40.8 Å². The summed E-state index contributed by atoms with van der Waals surface area (Å²) in [5.41, 5.74) is 18.9. The number of aliphatic hydroxyl groups excluding tert-OH is 1. The number of ether oxygens (including phenoxy) is 2.